The zero-order valence-corrected chi connectivity index (χ0v) is 11.1. The standard InChI is InChI=1S/C16H13NO4/c18-15-11-3-1-2-4-12(11)16(19,17-15)10-5-6-13-14(9-10)21-8-7-20-13/h1-6,9,19H,7-8H2,(H,17,18). The Labute approximate surface area is 121 Å². The van der Waals surface area contributed by atoms with Gasteiger partial charge in [0.1, 0.15) is 13.2 Å². The maximum absolute atomic E-state index is 12.0. The highest BCUT2D eigenvalue weighted by atomic mass is 16.6. The summed E-state index contributed by atoms with van der Waals surface area (Å²) in [4.78, 5) is 12.0. The maximum atomic E-state index is 12.0. The first kappa shape index (κ1) is 12.2. The summed E-state index contributed by atoms with van der Waals surface area (Å²) in [5.74, 6) is 0.931. The van der Waals surface area contributed by atoms with E-state index in [1.54, 1.807) is 42.5 Å². The topological polar surface area (TPSA) is 67.8 Å². The Morgan fingerprint density at radius 1 is 1.05 bits per heavy atom. The van der Waals surface area contributed by atoms with Crippen LogP contribution in [0.4, 0.5) is 0 Å². The van der Waals surface area contributed by atoms with Crippen LogP contribution >= 0.6 is 0 Å². The van der Waals surface area contributed by atoms with Gasteiger partial charge in [0.2, 0.25) is 0 Å². The minimum Gasteiger partial charge on any atom is -0.486 e. The van der Waals surface area contributed by atoms with Crippen LogP contribution in [0.2, 0.25) is 0 Å². The van der Waals surface area contributed by atoms with Crippen molar-refractivity contribution in [2.75, 3.05) is 13.2 Å². The lowest BCUT2D eigenvalue weighted by atomic mass is 9.94. The average Bonchev–Trinajstić information content (AvgIpc) is 2.80. The first-order valence-electron chi connectivity index (χ1n) is 6.73. The second-order valence-electron chi connectivity index (χ2n) is 5.07. The van der Waals surface area contributed by atoms with Gasteiger partial charge >= 0.3 is 0 Å². The molecule has 1 amide bonds. The first-order chi connectivity index (χ1) is 10.2. The molecular weight excluding hydrogens is 270 g/mol. The third kappa shape index (κ3) is 1.71. The summed E-state index contributed by atoms with van der Waals surface area (Å²) in [6.45, 7) is 0.980. The summed E-state index contributed by atoms with van der Waals surface area (Å²) in [6, 6.07) is 12.2. The summed E-state index contributed by atoms with van der Waals surface area (Å²) in [6.07, 6.45) is 0. The number of hydrogen-bond acceptors (Lipinski definition) is 4. The molecule has 2 aromatic carbocycles. The molecule has 0 radical (unpaired) electrons. The molecule has 0 aromatic heterocycles. The molecular formula is C16H13NO4. The van der Waals surface area contributed by atoms with Crippen LogP contribution in [-0.2, 0) is 5.72 Å². The van der Waals surface area contributed by atoms with Crippen molar-refractivity contribution in [2.24, 2.45) is 0 Å². The number of benzene rings is 2. The van der Waals surface area contributed by atoms with Crippen molar-refractivity contribution in [3.8, 4) is 11.5 Å². The molecule has 2 N–H and O–H groups in total. The zero-order chi connectivity index (χ0) is 14.4. The van der Waals surface area contributed by atoms with Gasteiger partial charge in [-0.15, -0.1) is 0 Å². The summed E-state index contributed by atoms with van der Waals surface area (Å²) in [5, 5.41) is 13.6. The van der Waals surface area contributed by atoms with Crippen LogP contribution < -0.4 is 14.8 Å². The van der Waals surface area contributed by atoms with Crippen LogP contribution in [0.5, 0.6) is 11.5 Å². The highest BCUT2D eigenvalue weighted by Crippen LogP contribution is 2.39. The maximum Gasteiger partial charge on any atom is 0.254 e. The fourth-order valence-corrected chi connectivity index (χ4v) is 2.79. The van der Waals surface area contributed by atoms with E-state index in [-0.39, 0.29) is 5.91 Å². The number of ether oxygens (including phenoxy) is 2. The van der Waals surface area contributed by atoms with Crippen LogP contribution in [0.1, 0.15) is 21.5 Å². The number of rotatable bonds is 1. The highest BCUT2D eigenvalue weighted by molar-refractivity contribution is 6.00. The second kappa shape index (κ2) is 4.23. The van der Waals surface area contributed by atoms with E-state index in [9.17, 15) is 9.90 Å². The third-order valence-corrected chi connectivity index (χ3v) is 3.82. The van der Waals surface area contributed by atoms with E-state index in [2.05, 4.69) is 5.32 Å². The van der Waals surface area contributed by atoms with Gasteiger partial charge in [0.15, 0.2) is 17.2 Å². The normalized spacial score (nSPS) is 22.6. The predicted octanol–water partition coefficient (Wildman–Crippen LogP) is 1.39. The summed E-state index contributed by atoms with van der Waals surface area (Å²) < 4.78 is 11.0. The minimum absolute atomic E-state index is 0.289. The number of carbonyl (C=O) groups is 1. The van der Waals surface area contributed by atoms with Gasteiger partial charge in [-0.3, -0.25) is 4.79 Å². The summed E-state index contributed by atoms with van der Waals surface area (Å²) in [5.41, 5.74) is 0.0374. The Balaban J connectivity index is 1.85. The van der Waals surface area contributed by atoms with Gasteiger partial charge in [0.05, 0.1) is 0 Å². The number of carbonyl (C=O) groups excluding carboxylic acids is 1. The fourth-order valence-electron chi connectivity index (χ4n) is 2.79. The Bertz CT molecular complexity index is 743. The molecule has 2 aromatic rings. The molecule has 21 heavy (non-hydrogen) atoms. The predicted molar refractivity (Wildman–Crippen MR) is 74.3 cm³/mol. The molecule has 0 fully saturated rings. The summed E-state index contributed by atoms with van der Waals surface area (Å²) in [7, 11) is 0. The molecule has 106 valence electrons. The van der Waals surface area contributed by atoms with Crippen molar-refractivity contribution >= 4 is 5.91 Å². The Morgan fingerprint density at radius 2 is 1.81 bits per heavy atom. The second-order valence-corrected chi connectivity index (χ2v) is 5.07. The molecule has 5 heteroatoms. The smallest absolute Gasteiger partial charge is 0.254 e. The third-order valence-electron chi connectivity index (χ3n) is 3.82. The number of hydrogen-bond donors (Lipinski definition) is 2. The van der Waals surface area contributed by atoms with E-state index in [0.29, 0.717) is 41.4 Å². The molecule has 2 heterocycles. The quantitative estimate of drug-likeness (QED) is 0.830. The van der Waals surface area contributed by atoms with Gasteiger partial charge in [0, 0.05) is 16.7 Å². The molecule has 0 bridgehead atoms. The Morgan fingerprint density at radius 3 is 2.67 bits per heavy atom. The fraction of sp³-hybridized carbons (Fsp3) is 0.188. The van der Waals surface area contributed by atoms with Crippen molar-refractivity contribution in [2.45, 2.75) is 5.72 Å². The Hall–Kier alpha value is -2.53. The van der Waals surface area contributed by atoms with E-state index in [1.807, 2.05) is 0 Å². The van der Waals surface area contributed by atoms with E-state index in [0.717, 1.165) is 0 Å². The average molecular weight is 283 g/mol. The molecule has 1 unspecified atom stereocenters. The SMILES string of the molecule is O=C1NC(O)(c2ccc3c(c2)OCCO3)c2ccccc21. The van der Waals surface area contributed by atoms with Crippen LogP contribution in [-0.4, -0.2) is 24.2 Å². The van der Waals surface area contributed by atoms with Gasteiger partial charge in [-0.2, -0.15) is 0 Å². The number of amides is 1. The van der Waals surface area contributed by atoms with E-state index < -0.39 is 5.72 Å². The van der Waals surface area contributed by atoms with Crippen LogP contribution in [0.25, 0.3) is 0 Å². The molecule has 0 saturated heterocycles. The molecule has 0 saturated carbocycles. The van der Waals surface area contributed by atoms with Crippen molar-refractivity contribution in [3.63, 3.8) is 0 Å². The number of aliphatic hydroxyl groups is 1. The Kier molecular flexibility index (Phi) is 2.46. The van der Waals surface area contributed by atoms with Crippen molar-refractivity contribution in [1.29, 1.82) is 0 Å². The molecule has 5 nitrogen and oxygen atoms in total. The molecule has 4 rings (SSSR count). The van der Waals surface area contributed by atoms with E-state index in [4.69, 9.17) is 9.47 Å². The van der Waals surface area contributed by atoms with Gasteiger partial charge in [-0.1, -0.05) is 18.2 Å². The molecule has 0 spiro atoms. The van der Waals surface area contributed by atoms with Crippen LogP contribution in [0.15, 0.2) is 42.5 Å². The van der Waals surface area contributed by atoms with Gasteiger partial charge < -0.3 is 19.9 Å². The van der Waals surface area contributed by atoms with Crippen molar-refractivity contribution in [3.05, 3.63) is 59.2 Å². The lowest BCUT2D eigenvalue weighted by Gasteiger charge is -2.26. The molecule has 2 aliphatic heterocycles. The highest BCUT2D eigenvalue weighted by Gasteiger charge is 2.43. The van der Waals surface area contributed by atoms with Crippen LogP contribution in [0.3, 0.4) is 0 Å². The first-order valence-corrected chi connectivity index (χ1v) is 6.73. The van der Waals surface area contributed by atoms with Crippen LogP contribution in [0, 0.1) is 0 Å². The van der Waals surface area contributed by atoms with Crippen molar-refractivity contribution in [1.82, 2.24) is 5.32 Å². The minimum atomic E-state index is -1.54. The molecule has 0 aliphatic carbocycles. The number of nitrogens with one attached hydrogen (secondary N) is 1. The van der Waals surface area contributed by atoms with Gasteiger partial charge in [-0.05, 0) is 24.3 Å². The lowest BCUT2D eigenvalue weighted by molar-refractivity contribution is 0.0471. The lowest BCUT2D eigenvalue weighted by Crippen LogP contribution is -2.40. The van der Waals surface area contributed by atoms with Gasteiger partial charge in [-0.25, -0.2) is 0 Å². The largest absolute Gasteiger partial charge is 0.486 e. The van der Waals surface area contributed by atoms with Crippen molar-refractivity contribution < 1.29 is 19.4 Å². The molecule has 2 aliphatic rings. The zero-order valence-electron chi connectivity index (χ0n) is 11.1. The van der Waals surface area contributed by atoms with Gasteiger partial charge in [0.25, 0.3) is 5.91 Å². The number of fused-ring (bicyclic) bond motifs is 2. The monoisotopic (exact) mass is 283 g/mol. The van der Waals surface area contributed by atoms with E-state index in [1.165, 1.54) is 0 Å². The summed E-state index contributed by atoms with van der Waals surface area (Å²) >= 11 is 0. The van der Waals surface area contributed by atoms with E-state index >= 15 is 0 Å². The molecule has 1 atom stereocenters.